The summed E-state index contributed by atoms with van der Waals surface area (Å²) < 4.78 is 1.80. The molecule has 1 N–H and O–H groups in total. The van der Waals surface area contributed by atoms with Crippen LogP contribution in [0.5, 0.6) is 0 Å². The maximum absolute atomic E-state index is 8.98. The van der Waals surface area contributed by atoms with E-state index in [-0.39, 0.29) is 5.92 Å². The van der Waals surface area contributed by atoms with Gasteiger partial charge < -0.3 is 5.32 Å². The van der Waals surface area contributed by atoms with Crippen molar-refractivity contribution >= 4 is 5.69 Å². The zero-order chi connectivity index (χ0) is 10.8. The van der Waals surface area contributed by atoms with E-state index < -0.39 is 0 Å². The lowest BCUT2D eigenvalue weighted by Gasteiger charge is -2.15. The molecule has 1 saturated carbocycles. The molecule has 4 heteroatoms. The summed E-state index contributed by atoms with van der Waals surface area (Å²) in [4.78, 5) is 0. The molecule has 0 saturated heterocycles. The van der Waals surface area contributed by atoms with E-state index in [4.69, 9.17) is 5.26 Å². The molecule has 1 heterocycles. The molecule has 15 heavy (non-hydrogen) atoms. The van der Waals surface area contributed by atoms with Crippen molar-refractivity contribution in [2.45, 2.75) is 32.2 Å². The van der Waals surface area contributed by atoms with Crippen LogP contribution in [-0.4, -0.2) is 15.8 Å². The predicted molar refractivity (Wildman–Crippen MR) is 58.3 cm³/mol. The van der Waals surface area contributed by atoms with Gasteiger partial charge in [0, 0.05) is 19.3 Å². The van der Waals surface area contributed by atoms with Crippen LogP contribution in [0.15, 0.2) is 6.20 Å². The fourth-order valence-electron chi connectivity index (χ4n) is 2.23. The van der Waals surface area contributed by atoms with Crippen molar-refractivity contribution in [2.24, 2.45) is 13.0 Å². The Labute approximate surface area is 89.9 Å². The first-order chi connectivity index (χ1) is 7.20. The average Bonchev–Trinajstić information content (AvgIpc) is 2.74. The van der Waals surface area contributed by atoms with Gasteiger partial charge in [0.1, 0.15) is 0 Å². The molecule has 1 aliphatic carbocycles. The second kappa shape index (κ2) is 3.93. The molecule has 0 aliphatic heterocycles. The molecule has 0 bridgehead atoms. The Hall–Kier alpha value is -1.50. The Morgan fingerprint density at radius 2 is 2.40 bits per heavy atom. The number of anilines is 1. The highest BCUT2D eigenvalue weighted by atomic mass is 15.3. The van der Waals surface area contributed by atoms with Gasteiger partial charge in [-0.1, -0.05) is 0 Å². The Bertz CT molecular complexity index is 388. The highest BCUT2D eigenvalue weighted by Crippen LogP contribution is 2.28. The molecule has 0 amide bonds. The third-order valence-corrected chi connectivity index (χ3v) is 3.04. The minimum Gasteiger partial charge on any atom is -0.378 e. The minimum atomic E-state index is 0.157. The summed E-state index contributed by atoms with van der Waals surface area (Å²) in [5.74, 6) is 0.157. The summed E-state index contributed by atoms with van der Waals surface area (Å²) in [6.07, 6.45) is 5.23. The third kappa shape index (κ3) is 1.96. The molecule has 0 radical (unpaired) electrons. The monoisotopic (exact) mass is 204 g/mol. The zero-order valence-corrected chi connectivity index (χ0v) is 9.20. The zero-order valence-electron chi connectivity index (χ0n) is 9.20. The SMILES string of the molecule is Cc1nn(C)cc1NC1CCCC1C#N. The van der Waals surface area contributed by atoms with Gasteiger partial charge in [0.15, 0.2) is 0 Å². The van der Waals surface area contributed by atoms with Gasteiger partial charge >= 0.3 is 0 Å². The molecule has 0 spiro atoms. The number of hydrogen-bond donors (Lipinski definition) is 1. The van der Waals surface area contributed by atoms with Crippen molar-refractivity contribution in [2.75, 3.05) is 5.32 Å². The van der Waals surface area contributed by atoms with Gasteiger partial charge in [-0.15, -0.1) is 0 Å². The van der Waals surface area contributed by atoms with Gasteiger partial charge in [-0.2, -0.15) is 10.4 Å². The summed E-state index contributed by atoms with van der Waals surface area (Å²) in [6, 6.07) is 2.67. The van der Waals surface area contributed by atoms with E-state index in [1.54, 1.807) is 4.68 Å². The van der Waals surface area contributed by atoms with Crippen LogP contribution in [0.3, 0.4) is 0 Å². The van der Waals surface area contributed by atoms with Crippen LogP contribution in [0.1, 0.15) is 25.0 Å². The van der Waals surface area contributed by atoms with Crippen molar-refractivity contribution in [1.82, 2.24) is 9.78 Å². The van der Waals surface area contributed by atoms with Crippen LogP contribution in [0.4, 0.5) is 5.69 Å². The standard InChI is InChI=1S/C11H16N4/c1-8-11(7-15(2)14-8)13-10-5-3-4-9(10)6-12/h7,9-10,13H,3-5H2,1-2H3. The second-order valence-electron chi connectivity index (χ2n) is 4.22. The summed E-state index contributed by atoms with van der Waals surface area (Å²) in [6.45, 7) is 1.98. The van der Waals surface area contributed by atoms with Gasteiger partial charge in [-0.3, -0.25) is 4.68 Å². The topological polar surface area (TPSA) is 53.6 Å². The molecular weight excluding hydrogens is 188 g/mol. The van der Waals surface area contributed by atoms with Crippen LogP contribution in [0.2, 0.25) is 0 Å². The first kappa shape index (κ1) is 10.0. The molecule has 2 rings (SSSR count). The molecule has 4 nitrogen and oxygen atoms in total. The summed E-state index contributed by atoms with van der Waals surface area (Å²) in [7, 11) is 1.91. The largest absolute Gasteiger partial charge is 0.378 e. The van der Waals surface area contributed by atoms with Gasteiger partial charge in [-0.25, -0.2) is 0 Å². The fourth-order valence-corrected chi connectivity index (χ4v) is 2.23. The van der Waals surface area contributed by atoms with E-state index >= 15 is 0 Å². The lowest BCUT2D eigenvalue weighted by atomic mass is 10.1. The van der Waals surface area contributed by atoms with E-state index in [9.17, 15) is 0 Å². The fraction of sp³-hybridized carbons (Fsp3) is 0.636. The first-order valence-corrected chi connectivity index (χ1v) is 5.37. The number of nitrogens with one attached hydrogen (secondary N) is 1. The lowest BCUT2D eigenvalue weighted by molar-refractivity contribution is 0.629. The highest BCUT2D eigenvalue weighted by Gasteiger charge is 2.27. The number of hydrogen-bond acceptors (Lipinski definition) is 3. The molecule has 1 aromatic rings. The van der Waals surface area contributed by atoms with Crippen LogP contribution in [0, 0.1) is 24.2 Å². The van der Waals surface area contributed by atoms with E-state index in [0.717, 1.165) is 30.6 Å². The van der Waals surface area contributed by atoms with Gasteiger partial charge in [0.25, 0.3) is 0 Å². The molecule has 2 unspecified atom stereocenters. The van der Waals surface area contributed by atoms with Crippen molar-refractivity contribution < 1.29 is 0 Å². The molecule has 1 fully saturated rings. The van der Waals surface area contributed by atoms with Crippen molar-refractivity contribution in [1.29, 1.82) is 5.26 Å². The molecule has 0 aromatic carbocycles. The molecule has 80 valence electrons. The van der Waals surface area contributed by atoms with Crippen LogP contribution in [0.25, 0.3) is 0 Å². The molecule has 1 aromatic heterocycles. The second-order valence-corrected chi connectivity index (χ2v) is 4.22. The summed E-state index contributed by atoms with van der Waals surface area (Å²) in [5, 5.41) is 16.7. The van der Waals surface area contributed by atoms with Crippen LogP contribution < -0.4 is 5.32 Å². The van der Waals surface area contributed by atoms with E-state index in [1.165, 1.54) is 0 Å². The van der Waals surface area contributed by atoms with Crippen molar-refractivity contribution in [3.8, 4) is 6.07 Å². The van der Waals surface area contributed by atoms with E-state index in [2.05, 4.69) is 16.5 Å². The molecule has 1 aliphatic rings. The van der Waals surface area contributed by atoms with Gasteiger partial charge in [0.05, 0.1) is 23.4 Å². The number of aromatic nitrogens is 2. The Kier molecular flexibility index (Phi) is 2.63. The Morgan fingerprint density at radius 3 is 3.00 bits per heavy atom. The number of aryl methyl sites for hydroxylation is 2. The third-order valence-electron chi connectivity index (χ3n) is 3.04. The quantitative estimate of drug-likeness (QED) is 0.799. The summed E-state index contributed by atoms with van der Waals surface area (Å²) >= 11 is 0. The minimum absolute atomic E-state index is 0.157. The van der Waals surface area contributed by atoms with Crippen molar-refractivity contribution in [3.05, 3.63) is 11.9 Å². The van der Waals surface area contributed by atoms with Gasteiger partial charge in [-0.05, 0) is 26.2 Å². The van der Waals surface area contributed by atoms with Crippen LogP contribution >= 0.6 is 0 Å². The predicted octanol–water partition coefficient (Wildman–Crippen LogP) is 1.83. The highest BCUT2D eigenvalue weighted by molar-refractivity contribution is 5.47. The van der Waals surface area contributed by atoms with E-state index in [1.807, 2.05) is 20.2 Å². The average molecular weight is 204 g/mol. The lowest BCUT2D eigenvalue weighted by Crippen LogP contribution is -2.22. The number of nitrogens with zero attached hydrogens (tertiary/aromatic N) is 3. The Balaban J connectivity index is 2.09. The molecule has 2 atom stereocenters. The summed E-state index contributed by atoms with van der Waals surface area (Å²) in [5.41, 5.74) is 2.06. The smallest absolute Gasteiger partial charge is 0.0825 e. The maximum atomic E-state index is 8.98. The van der Waals surface area contributed by atoms with Crippen molar-refractivity contribution in [3.63, 3.8) is 0 Å². The maximum Gasteiger partial charge on any atom is 0.0825 e. The van der Waals surface area contributed by atoms with E-state index in [0.29, 0.717) is 6.04 Å². The number of rotatable bonds is 2. The Morgan fingerprint density at radius 1 is 1.60 bits per heavy atom. The van der Waals surface area contributed by atoms with Crippen LogP contribution in [-0.2, 0) is 7.05 Å². The molecular formula is C11H16N4. The normalized spacial score (nSPS) is 25.1. The van der Waals surface area contributed by atoms with Gasteiger partial charge in [0.2, 0.25) is 0 Å². The first-order valence-electron chi connectivity index (χ1n) is 5.37. The number of nitriles is 1.